The number of thioether (sulfide) groups is 1. The van der Waals surface area contributed by atoms with Gasteiger partial charge in [-0.3, -0.25) is 13.8 Å². The molecule has 0 atom stereocenters. The summed E-state index contributed by atoms with van der Waals surface area (Å²) in [5, 5.41) is 2.83. The maximum Gasteiger partial charge on any atom is 0.258 e. The topological polar surface area (TPSA) is 52.2 Å². The number of imidazole rings is 1. The van der Waals surface area contributed by atoms with Gasteiger partial charge in [0.2, 0.25) is 0 Å². The zero-order valence-electron chi connectivity index (χ0n) is 13.8. The van der Waals surface area contributed by atoms with Crippen LogP contribution >= 0.6 is 23.1 Å². The highest BCUT2D eigenvalue weighted by atomic mass is 32.2. The second kappa shape index (κ2) is 6.50. The molecule has 5 nitrogen and oxygen atoms in total. The van der Waals surface area contributed by atoms with E-state index in [9.17, 15) is 4.79 Å². The Hall–Kier alpha value is -2.38. The van der Waals surface area contributed by atoms with Gasteiger partial charge in [0.25, 0.3) is 5.56 Å². The molecule has 0 aliphatic heterocycles. The molecule has 0 saturated carbocycles. The minimum Gasteiger partial charge on any atom is -0.295 e. The summed E-state index contributed by atoms with van der Waals surface area (Å²) in [6, 6.07) is 9.90. The van der Waals surface area contributed by atoms with Gasteiger partial charge in [0, 0.05) is 41.0 Å². The molecular formula is C18H16N4OS2. The van der Waals surface area contributed by atoms with Gasteiger partial charge in [-0.05, 0) is 31.5 Å². The zero-order valence-corrected chi connectivity index (χ0v) is 15.5. The Labute approximate surface area is 153 Å². The van der Waals surface area contributed by atoms with Crippen LogP contribution in [0.3, 0.4) is 0 Å². The highest BCUT2D eigenvalue weighted by molar-refractivity contribution is 7.98. The fraction of sp³-hybridized carbons (Fsp3) is 0.167. The molecule has 0 radical (unpaired) electrons. The average Bonchev–Trinajstić information content (AvgIpc) is 3.20. The van der Waals surface area contributed by atoms with E-state index in [0.29, 0.717) is 5.75 Å². The second-order valence-electron chi connectivity index (χ2n) is 5.79. The molecular weight excluding hydrogens is 352 g/mol. The van der Waals surface area contributed by atoms with E-state index in [1.54, 1.807) is 28.4 Å². The van der Waals surface area contributed by atoms with Crippen molar-refractivity contribution in [2.45, 2.75) is 24.8 Å². The number of benzene rings is 1. The summed E-state index contributed by atoms with van der Waals surface area (Å²) in [6.07, 6.45) is 3.74. The van der Waals surface area contributed by atoms with Gasteiger partial charge in [0.05, 0.1) is 5.69 Å². The Morgan fingerprint density at radius 2 is 2.12 bits per heavy atom. The van der Waals surface area contributed by atoms with Gasteiger partial charge in [0.15, 0.2) is 10.1 Å². The molecule has 3 heterocycles. The van der Waals surface area contributed by atoms with Gasteiger partial charge < -0.3 is 0 Å². The fourth-order valence-electron chi connectivity index (χ4n) is 2.68. The molecule has 4 rings (SSSR count). The average molecular weight is 368 g/mol. The molecule has 0 saturated heterocycles. The lowest BCUT2D eigenvalue weighted by atomic mass is 10.2. The minimum absolute atomic E-state index is 0.0265. The molecule has 126 valence electrons. The summed E-state index contributed by atoms with van der Waals surface area (Å²) in [5.41, 5.74) is 3.96. The Morgan fingerprint density at radius 1 is 1.24 bits per heavy atom. The number of aromatic nitrogens is 4. The van der Waals surface area contributed by atoms with Crippen molar-refractivity contribution in [1.29, 1.82) is 0 Å². The molecule has 0 aliphatic carbocycles. The van der Waals surface area contributed by atoms with Crippen LogP contribution in [0.1, 0.15) is 17.0 Å². The van der Waals surface area contributed by atoms with Gasteiger partial charge in [-0.2, -0.15) is 0 Å². The van der Waals surface area contributed by atoms with Crippen molar-refractivity contribution >= 4 is 28.1 Å². The first-order valence-corrected chi connectivity index (χ1v) is 9.68. The molecule has 0 bridgehead atoms. The van der Waals surface area contributed by atoms with Crippen LogP contribution in [0.15, 0.2) is 58.1 Å². The molecule has 0 fully saturated rings. The maximum atomic E-state index is 12.3. The summed E-state index contributed by atoms with van der Waals surface area (Å²) < 4.78 is 3.70. The van der Waals surface area contributed by atoms with Crippen LogP contribution in [0.2, 0.25) is 0 Å². The third-order valence-corrected chi connectivity index (χ3v) is 5.81. The summed E-state index contributed by atoms with van der Waals surface area (Å²) in [6.45, 7) is 3.99. The first-order valence-electron chi connectivity index (χ1n) is 7.82. The van der Waals surface area contributed by atoms with E-state index in [1.165, 1.54) is 16.9 Å². The van der Waals surface area contributed by atoms with Gasteiger partial charge in [-0.15, -0.1) is 11.3 Å². The van der Waals surface area contributed by atoms with E-state index < -0.39 is 0 Å². The molecule has 1 aromatic carbocycles. The number of nitrogens with zero attached hydrogens (tertiary/aromatic N) is 4. The van der Waals surface area contributed by atoms with Gasteiger partial charge >= 0.3 is 0 Å². The number of hydrogen-bond donors (Lipinski definition) is 0. The van der Waals surface area contributed by atoms with E-state index in [1.807, 2.05) is 24.6 Å². The van der Waals surface area contributed by atoms with Crippen molar-refractivity contribution in [2.75, 3.05) is 0 Å². The fourth-order valence-corrected chi connectivity index (χ4v) is 4.44. The SMILES string of the molecule is Cc1cccc(-n2ccnc2SCc2cc(=O)n3c(C)csc3n2)c1. The van der Waals surface area contributed by atoms with Gasteiger partial charge in [0.1, 0.15) is 0 Å². The highest BCUT2D eigenvalue weighted by Gasteiger charge is 2.10. The lowest BCUT2D eigenvalue weighted by molar-refractivity contribution is 0.892. The third-order valence-electron chi connectivity index (χ3n) is 3.86. The van der Waals surface area contributed by atoms with Crippen LogP contribution in [-0.4, -0.2) is 18.9 Å². The van der Waals surface area contributed by atoms with Crippen LogP contribution in [-0.2, 0) is 5.75 Å². The Bertz CT molecular complexity index is 1110. The van der Waals surface area contributed by atoms with Crippen molar-refractivity contribution < 1.29 is 0 Å². The molecule has 7 heteroatoms. The summed E-state index contributed by atoms with van der Waals surface area (Å²) in [5.74, 6) is 0.603. The first-order chi connectivity index (χ1) is 12.1. The smallest absolute Gasteiger partial charge is 0.258 e. The maximum absolute atomic E-state index is 12.3. The van der Waals surface area contributed by atoms with Gasteiger partial charge in [-0.25, -0.2) is 9.97 Å². The summed E-state index contributed by atoms with van der Waals surface area (Å²) in [4.78, 5) is 22.0. The Kier molecular flexibility index (Phi) is 4.19. The van der Waals surface area contributed by atoms with Crippen molar-refractivity contribution in [3.8, 4) is 5.69 Å². The van der Waals surface area contributed by atoms with E-state index in [4.69, 9.17) is 0 Å². The largest absolute Gasteiger partial charge is 0.295 e. The lowest BCUT2D eigenvalue weighted by Crippen LogP contribution is -2.14. The Morgan fingerprint density at radius 3 is 2.96 bits per heavy atom. The summed E-state index contributed by atoms with van der Waals surface area (Å²) >= 11 is 3.07. The standard InChI is InChI=1S/C18H16N4OS2/c1-12-4-3-5-15(8-12)21-7-6-19-17(21)25-11-14-9-16(23)22-13(2)10-24-18(22)20-14/h3-10H,11H2,1-2H3. The van der Waals surface area contributed by atoms with E-state index in [0.717, 1.165) is 27.2 Å². The minimum atomic E-state index is -0.0265. The van der Waals surface area contributed by atoms with Crippen molar-refractivity contribution in [3.63, 3.8) is 0 Å². The number of aryl methyl sites for hydroxylation is 2. The molecule has 3 aromatic heterocycles. The number of rotatable bonds is 4. The first kappa shape index (κ1) is 16.1. The van der Waals surface area contributed by atoms with Crippen LogP contribution < -0.4 is 5.56 Å². The number of hydrogen-bond acceptors (Lipinski definition) is 5. The predicted molar refractivity (Wildman–Crippen MR) is 102 cm³/mol. The van der Waals surface area contributed by atoms with Crippen LogP contribution in [0.5, 0.6) is 0 Å². The third kappa shape index (κ3) is 3.12. The van der Waals surface area contributed by atoms with E-state index in [2.05, 4.69) is 39.7 Å². The second-order valence-corrected chi connectivity index (χ2v) is 7.57. The monoisotopic (exact) mass is 368 g/mol. The van der Waals surface area contributed by atoms with E-state index >= 15 is 0 Å². The predicted octanol–water partition coefficient (Wildman–Crippen LogP) is 3.85. The van der Waals surface area contributed by atoms with Crippen LogP contribution in [0.25, 0.3) is 10.6 Å². The molecule has 25 heavy (non-hydrogen) atoms. The number of fused-ring (bicyclic) bond motifs is 1. The van der Waals surface area contributed by atoms with E-state index in [-0.39, 0.29) is 5.56 Å². The van der Waals surface area contributed by atoms with Crippen molar-refractivity contribution in [3.05, 3.63) is 75.4 Å². The number of thiazole rings is 1. The summed E-state index contributed by atoms with van der Waals surface area (Å²) in [7, 11) is 0. The molecule has 0 amide bonds. The van der Waals surface area contributed by atoms with Crippen molar-refractivity contribution in [2.24, 2.45) is 0 Å². The van der Waals surface area contributed by atoms with Gasteiger partial charge in [-0.1, -0.05) is 23.9 Å². The van der Waals surface area contributed by atoms with Crippen LogP contribution in [0.4, 0.5) is 0 Å². The quantitative estimate of drug-likeness (QED) is 0.514. The molecule has 4 aromatic rings. The van der Waals surface area contributed by atoms with Crippen LogP contribution in [0, 0.1) is 13.8 Å². The highest BCUT2D eigenvalue weighted by Crippen LogP contribution is 2.24. The van der Waals surface area contributed by atoms with Crippen molar-refractivity contribution in [1.82, 2.24) is 18.9 Å². The Balaban J connectivity index is 1.61. The molecule has 0 N–H and O–H groups in total. The lowest BCUT2D eigenvalue weighted by Gasteiger charge is -2.08. The normalized spacial score (nSPS) is 11.3. The molecule has 0 aliphatic rings. The zero-order chi connectivity index (χ0) is 17.4. The molecule has 0 spiro atoms. The molecule has 0 unspecified atom stereocenters.